The number of benzene rings is 1. The molecule has 1 saturated heterocycles. The highest BCUT2D eigenvalue weighted by Gasteiger charge is 2.31. The molecular formula is C12H12N2O2S. The van der Waals surface area contributed by atoms with Crippen molar-refractivity contribution in [2.75, 3.05) is 0 Å². The van der Waals surface area contributed by atoms with E-state index in [0.717, 1.165) is 5.56 Å². The number of carbonyl (C=O) groups excluding carboxylic acids is 2. The van der Waals surface area contributed by atoms with Crippen LogP contribution in [0.1, 0.15) is 24.9 Å². The van der Waals surface area contributed by atoms with E-state index >= 15 is 0 Å². The third kappa shape index (κ3) is 2.34. The van der Waals surface area contributed by atoms with Gasteiger partial charge in [0.1, 0.15) is 6.42 Å². The van der Waals surface area contributed by atoms with E-state index in [0.29, 0.717) is 0 Å². The van der Waals surface area contributed by atoms with Crippen molar-refractivity contribution in [3.8, 4) is 0 Å². The maximum atomic E-state index is 11.8. The molecule has 0 saturated carbocycles. The SMILES string of the molecule is CC(c1ccccc1)N1C(=O)CC(=O)NC1=S. The van der Waals surface area contributed by atoms with Crippen molar-refractivity contribution in [2.45, 2.75) is 19.4 Å². The van der Waals surface area contributed by atoms with E-state index in [1.165, 1.54) is 4.90 Å². The van der Waals surface area contributed by atoms with E-state index in [4.69, 9.17) is 12.2 Å². The minimum atomic E-state index is -0.337. The Morgan fingerprint density at radius 3 is 2.53 bits per heavy atom. The van der Waals surface area contributed by atoms with Crippen LogP contribution in [0.3, 0.4) is 0 Å². The maximum absolute atomic E-state index is 11.8. The predicted octanol–water partition coefficient (Wildman–Crippen LogP) is 1.38. The summed E-state index contributed by atoms with van der Waals surface area (Å²) in [5.74, 6) is -0.591. The summed E-state index contributed by atoms with van der Waals surface area (Å²) in [5.41, 5.74) is 0.986. The maximum Gasteiger partial charge on any atom is 0.238 e. The zero-order valence-electron chi connectivity index (χ0n) is 9.34. The summed E-state index contributed by atoms with van der Waals surface area (Å²) >= 11 is 5.03. The highest BCUT2D eigenvalue weighted by molar-refractivity contribution is 7.80. The summed E-state index contributed by atoms with van der Waals surface area (Å²) in [4.78, 5) is 24.4. The molecule has 1 aromatic carbocycles. The third-order valence-electron chi connectivity index (χ3n) is 2.71. The van der Waals surface area contributed by atoms with Crippen molar-refractivity contribution in [1.82, 2.24) is 10.2 Å². The first-order chi connectivity index (χ1) is 8.09. The molecule has 88 valence electrons. The molecule has 4 nitrogen and oxygen atoms in total. The first-order valence-corrected chi connectivity index (χ1v) is 5.71. The molecule has 17 heavy (non-hydrogen) atoms. The second-order valence-corrected chi connectivity index (χ2v) is 4.27. The molecule has 0 spiro atoms. The van der Waals surface area contributed by atoms with Crippen molar-refractivity contribution in [1.29, 1.82) is 0 Å². The second-order valence-electron chi connectivity index (χ2n) is 3.88. The number of rotatable bonds is 2. The molecule has 0 aliphatic carbocycles. The van der Waals surface area contributed by atoms with Crippen LogP contribution < -0.4 is 5.32 Å². The topological polar surface area (TPSA) is 49.4 Å². The molecule has 0 bridgehead atoms. The van der Waals surface area contributed by atoms with Gasteiger partial charge in [0, 0.05) is 0 Å². The molecule has 0 aromatic heterocycles. The van der Waals surface area contributed by atoms with Crippen LogP contribution in [0.15, 0.2) is 30.3 Å². The fourth-order valence-corrected chi connectivity index (χ4v) is 2.21. The van der Waals surface area contributed by atoms with Gasteiger partial charge in [-0.2, -0.15) is 0 Å². The lowest BCUT2D eigenvalue weighted by molar-refractivity contribution is -0.136. The van der Waals surface area contributed by atoms with Gasteiger partial charge in [0.2, 0.25) is 11.8 Å². The molecule has 1 atom stereocenters. The van der Waals surface area contributed by atoms with E-state index in [2.05, 4.69) is 5.32 Å². The standard InChI is InChI=1S/C12H12N2O2S/c1-8(9-5-3-2-4-6-9)14-11(16)7-10(15)13-12(14)17/h2-6,8H,7H2,1H3,(H,13,15,17). The van der Waals surface area contributed by atoms with Crippen LogP contribution in [0.4, 0.5) is 0 Å². The van der Waals surface area contributed by atoms with Gasteiger partial charge in [-0.15, -0.1) is 0 Å². The summed E-state index contributed by atoms with van der Waals surface area (Å²) < 4.78 is 0. The monoisotopic (exact) mass is 248 g/mol. The molecule has 1 heterocycles. The lowest BCUT2D eigenvalue weighted by Crippen LogP contribution is -2.53. The Morgan fingerprint density at radius 1 is 1.29 bits per heavy atom. The van der Waals surface area contributed by atoms with Crippen LogP contribution in [0.25, 0.3) is 0 Å². The fraction of sp³-hybridized carbons (Fsp3) is 0.250. The van der Waals surface area contributed by atoms with Crippen molar-refractivity contribution >= 4 is 29.1 Å². The molecule has 0 radical (unpaired) electrons. The fourth-order valence-electron chi connectivity index (χ4n) is 1.83. The van der Waals surface area contributed by atoms with E-state index in [1.807, 2.05) is 37.3 Å². The lowest BCUT2D eigenvalue weighted by Gasteiger charge is -2.32. The van der Waals surface area contributed by atoms with Crippen LogP contribution in [0.5, 0.6) is 0 Å². The zero-order valence-corrected chi connectivity index (χ0v) is 10.2. The molecule has 2 amide bonds. The summed E-state index contributed by atoms with van der Waals surface area (Å²) in [7, 11) is 0. The first kappa shape index (κ1) is 11.7. The Morgan fingerprint density at radius 2 is 1.94 bits per heavy atom. The van der Waals surface area contributed by atoms with Gasteiger partial charge >= 0.3 is 0 Å². The Bertz CT molecular complexity index is 453. The Hall–Kier alpha value is -1.75. The largest absolute Gasteiger partial charge is 0.302 e. The van der Waals surface area contributed by atoms with Crippen molar-refractivity contribution in [3.05, 3.63) is 35.9 Å². The molecule has 2 rings (SSSR count). The number of carbonyl (C=O) groups is 2. The Labute approximate surface area is 105 Å². The van der Waals surface area contributed by atoms with Crippen molar-refractivity contribution < 1.29 is 9.59 Å². The van der Waals surface area contributed by atoms with Gasteiger partial charge in [0.05, 0.1) is 6.04 Å². The van der Waals surface area contributed by atoms with Crippen LogP contribution >= 0.6 is 12.2 Å². The number of nitrogens with zero attached hydrogens (tertiary/aromatic N) is 1. The van der Waals surface area contributed by atoms with Gasteiger partial charge in [0.15, 0.2) is 5.11 Å². The molecule has 1 unspecified atom stereocenters. The van der Waals surface area contributed by atoms with Gasteiger partial charge < -0.3 is 5.32 Å². The van der Waals surface area contributed by atoms with Crippen LogP contribution in [-0.4, -0.2) is 21.8 Å². The highest BCUT2D eigenvalue weighted by atomic mass is 32.1. The quantitative estimate of drug-likeness (QED) is 0.635. The lowest BCUT2D eigenvalue weighted by atomic mass is 10.1. The van der Waals surface area contributed by atoms with E-state index in [9.17, 15) is 9.59 Å². The average Bonchev–Trinajstić information content (AvgIpc) is 2.28. The van der Waals surface area contributed by atoms with Gasteiger partial charge in [0.25, 0.3) is 0 Å². The van der Waals surface area contributed by atoms with Gasteiger partial charge in [-0.05, 0) is 24.7 Å². The average molecular weight is 248 g/mol. The van der Waals surface area contributed by atoms with Gasteiger partial charge in [-0.25, -0.2) is 0 Å². The van der Waals surface area contributed by atoms with Crippen molar-refractivity contribution in [3.63, 3.8) is 0 Å². The van der Waals surface area contributed by atoms with Gasteiger partial charge in [-0.3, -0.25) is 14.5 Å². The van der Waals surface area contributed by atoms with E-state index < -0.39 is 0 Å². The Kier molecular flexibility index (Phi) is 3.19. The number of thiocarbonyl (C=S) groups is 1. The minimum absolute atomic E-state index is 0.142. The first-order valence-electron chi connectivity index (χ1n) is 5.30. The molecule has 5 heteroatoms. The number of amides is 2. The summed E-state index contributed by atoms with van der Waals surface area (Å²) in [5, 5.41) is 2.69. The molecule has 1 aliphatic rings. The van der Waals surface area contributed by atoms with Gasteiger partial charge in [-0.1, -0.05) is 30.3 Å². The number of hydrogen-bond acceptors (Lipinski definition) is 3. The smallest absolute Gasteiger partial charge is 0.238 e. The minimum Gasteiger partial charge on any atom is -0.302 e. The molecule has 1 aromatic rings. The zero-order chi connectivity index (χ0) is 12.4. The summed E-state index contributed by atoms with van der Waals surface area (Å²) in [6.45, 7) is 1.89. The van der Waals surface area contributed by atoms with E-state index in [1.54, 1.807) is 0 Å². The molecular weight excluding hydrogens is 236 g/mol. The van der Waals surface area contributed by atoms with Crippen LogP contribution in [0, 0.1) is 0 Å². The van der Waals surface area contributed by atoms with E-state index in [-0.39, 0.29) is 29.4 Å². The van der Waals surface area contributed by atoms with Crippen molar-refractivity contribution in [2.24, 2.45) is 0 Å². The Balaban J connectivity index is 2.25. The van der Waals surface area contributed by atoms with Crippen LogP contribution in [0.2, 0.25) is 0 Å². The summed E-state index contributed by atoms with van der Waals surface area (Å²) in [6.07, 6.45) is -0.142. The number of hydrogen-bond donors (Lipinski definition) is 1. The normalized spacial score (nSPS) is 17.9. The second kappa shape index (κ2) is 4.63. The van der Waals surface area contributed by atoms with Crippen LogP contribution in [-0.2, 0) is 9.59 Å². The third-order valence-corrected chi connectivity index (χ3v) is 3.01. The highest BCUT2D eigenvalue weighted by Crippen LogP contribution is 2.22. The summed E-state index contributed by atoms with van der Waals surface area (Å²) in [6, 6.07) is 9.41. The predicted molar refractivity (Wildman–Crippen MR) is 67.1 cm³/mol. The number of nitrogens with one attached hydrogen (secondary N) is 1. The molecule has 1 fully saturated rings. The molecule has 1 N–H and O–H groups in total. The molecule has 1 aliphatic heterocycles.